The lowest BCUT2D eigenvalue weighted by atomic mass is 10.1. The first-order valence-electron chi connectivity index (χ1n) is 11.3. The van der Waals surface area contributed by atoms with Gasteiger partial charge < -0.3 is 15.0 Å². The van der Waals surface area contributed by atoms with Gasteiger partial charge in [0.1, 0.15) is 18.3 Å². The van der Waals surface area contributed by atoms with Gasteiger partial charge in [0.25, 0.3) is 5.69 Å². The minimum Gasteiger partial charge on any atom is -0.497 e. The number of anilines is 1. The Hall–Kier alpha value is -3.67. The Bertz CT molecular complexity index is 1180. The maximum absolute atomic E-state index is 13.5. The lowest BCUT2D eigenvalue weighted by Gasteiger charge is -2.31. The number of amides is 2. The number of rotatable bonds is 12. The zero-order chi connectivity index (χ0) is 27.0. The van der Waals surface area contributed by atoms with Gasteiger partial charge in [-0.2, -0.15) is 0 Å². The van der Waals surface area contributed by atoms with E-state index in [2.05, 4.69) is 5.32 Å². The molecule has 0 aliphatic carbocycles. The van der Waals surface area contributed by atoms with E-state index in [9.17, 15) is 28.1 Å². The molecule has 0 aliphatic rings. The molecule has 1 atom stereocenters. The maximum atomic E-state index is 13.5. The summed E-state index contributed by atoms with van der Waals surface area (Å²) in [7, 11) is -2.46. The summed E-state index contributed by atoms with van der Waals surface area (Å²) in [5, 5.41) is 14.0. The van der Waals surface area contributed by atoms with Crippen LogP contribution in [0.5, 0.6) is 5.75 Å². The highest BCUT2D eigenvalue weighted by atomic mass is 32.2. The Morgan fingerprint density at radius 2 is 1.75 bits per heavy atom. The number of nitro benzene ring substituents is 1. The van der Waals surface area contributed by atoms with Gasteiger partial charge in [-0.25, -0.2) is 8.42 Å². The topological polar surface area (TPSA) is 139 Å². The fraction of sp³-hybridized carbons (Fsp3) is 0.417. The van der Waals surface area contributed by atoms with Crippen LogP contribution in [-0.4, -0.2) is 62.6 Å². The number of methoxy groups -OCH3 is 1. The number of non-ortho nitro benzene ring substituents is 1. The second kappa shape index (κ2) is 12.3. The van der Waals surface area contributed by atoms with Gasteiger partial charge in [0.05, 0.1) is 24.0 Å². The monoisotopic (exact) mass is 520 g/mol. The number of carbonyl (C=O) groups is 2. The SMILES string of the molecule is COc1ccc(CN(C(=O)CN(c2cccc([N+](=O)[O-])c2)S(C)(=O)=O)[C@H](C)C(=O)NCC(C)C)cc1. The van der Waals surface area contributed by atoms with E-state index in [-0.39, 0.29) is 29.7 Å². The molecule has 2 aromatic rings. The molecule has 0 aromatic heterocycles. The first kappa shape index (κ1) is 28.6. The van der Waals surface area contributed by atoms with Gasteiger partial charge >= 0.3 is 0 Å². The summed E-state index contributed by atoms with van der Waals surface area (Å²) >= 11 is 0. The van der Waals surface area contributed by atoms with E-state index in [1.54, 1.807) is 31.2 Å². The van der Waals surface area contributed by atoms with Crippen molar-refractivity contribution in [2.75, 3.05) is 30.8 Å². The fourth-order valence-corrected chi connectivity index (χ4v) is 4.18. The highest BCUT2D eigenvalue weighted by Crippen LogP contribution is 2.24. The first-order valence-corrected chi connectivity index (χ1v) is 13.1. The molecular weight excluding hydrogens is 488 g/mol. The van der Waals surface area contributed by atoms with Crippen molar-refractivity contribution in [2.45, 2.75) is 33.4 Å². The third-order valence-corrected chi connectivity index (χ3v) is 6.51. The molecule has 0 heterocycles. The Morgan fingerprint density at radius 1 is 1.11 bits per heavy atom. The van der Waals surface area contributed by atoms with Crippen LogP contribution in [-0.2, 0) is 26.2 Å². The lowest BCUT2D eigenvalue weighted by Crippen LogP contribution is -2.51. The van der Waals surface area contributed by atoms with Crippen molar-refractivity contribution in [3.8, 4) is 5.75 Å². The van der Waals surface area contributed by atoms with E-state index in [4.69, 9.17) is 4.74 Å². The average molecular weight is 521 g/mol. The molecular formula is C24H32N4O7S. The molecule has 0 radical (unpaired) electrons. The number of hydrogen-bond acceptors (Lipinski definition) is 7. The van der Waals surface area contributed by atoms with Crippen LogP contribution in [0.15, 0.2) is 48.5 Å². The number of ether oxygens (including phenoxy) is 1. The standard InChI is InChI=1S/C24H32N4O7S/c1-17(2)14-25-24(30)18(3)26(15-19-9-11-22(35-4)12-10-19)23(29)16-27(36(5,33)34)20-7-6-8-21(13-20)28(31)32/h6-13,17-18H,14-16H2,1-5H3,(H,25,30)/t18-/m1/s1. The van der Waals surface area contributed by atoms with E-state index in [0.717, 1.165) is 16.6 Å². The third-order valence-electron chi connectivity index (χ3n) is 5.37. The molecule has 36 heavy (non-hydrogen) atoms. The summed E-state index contributed by atoms with van der Waals surface area (Å²) in [6.07, 6.45) is 0.908. The van der Waals surface area contributed by atoms with Crippen molar-refractivity contribution in [1.82, 2.24) is 10.2 Å². The van der Waals surface area contributed by atoms with E-state index in [1.807, 2.05) is 13.8 Å². The molecule has 2 amide bonds. The van der Waals surface area contributed by atoms with Crippen molar-refractivity contribution in [3.05, 3.63) is 64.2 Å². The second-order valence-corrected chi connectivity index (χ2v) is 10.6. The Labute approximate surface area is 211 Å². The minimum absolute atomic E-state index is 0.0265. The smallest absolute Gasteiger partial charge is 0.271 e. The Balaban J connectivity index is 2.40. The molecule has 2 rings (SSSR count). The molecule has 12 heteroatoms. The predicted molar refractivity (Wildman–Crippen MR) is 136 cm³/mol. The van der Waals surface area contributed by atoms with Gasteiger partial charge in [-0.05, 0) is 36.6 Å². The van der Waals surface area contributed by atoms with Crippen LogP contribution in [0.1, 0.15) is 26.3 Å². The van der Waals surface area contributed by atoms with Crippen molar-refractivity contribution < 1.29 is 27.7 Å². The quantitative estimate of drug-likeness (QED) is 0.335. The highest BCUT2D eigenvalue weighted by molar-refractivity contribution is 7.92. The van der Waals surface area contributed by atoms with E-state index >= 15 is 0 Å². The number of nitro groups is 1. The molecule has 196 valence electrons. The van der Waals surface area contributed by atoms with Crippen molar-refractivity contribution >= 4 is 33.2 Å². The summed E-state index contributed by atoms with van der Waals surface area (Å²) in [6, 6.07) is 11.0. The summed E-state index contributed by atoms with van der Waals surface area (Å²) in [4.78, 5) is 38.1. The first-order chi connectivity index (χ1) is 16.8. The Kier molecular flexibility index (Phi) is 9.79. The molecule has 2 aromatic carbocycles. The largest absolute Gasteiger partial charge is 0.497 e. The number of hydrogen-bond donors (Lipinski definition) is 1. The fourth-order valence-electron chi connectivity index (χ4n) is 3.34. The van der Waals surface area contributed by atoms with E-state index < -0.39 is 33.4 Å². The van der Waals surface area contributed by atoms with Gasteiger partial charge in [-0.3, -0.25) is 24.0 Å². The van der Waals surface area contributed by atoms with Crippen LogP contribution in [0.25, 0.3) is 0 Å². The molecule has 0 aliphatic heterocycles. The van der Waals surface area contributed by atoms with Crippen molar-refractivity contribution in [3.63, 3.8) is 0 Å². The molecule has 0 spiro atoms. The molecule has 0 unspecified atom stereocenters. The van der Waals surface area contributed by atoms with Gasteiger partial charge in [-0.15, -0.1) is 0 Å². The van der Waals surface area contributed by atoms with E-state index in [0.29, 0.717) is 17.9 Å². The summed E-state index contributed by atoms with van der Waals surface area (Å²) in [5.41, 5.74) is 0.361. The van der Waals surface area contributed by atoms with E-state index in [1.165, 1.54) is 30.2 Å². The van der Waals surface area contributed by atoms with Crippen molar-refractivity contribution in [1.29, 1.82) is 0 Å². The van der Waals surface area contributed by atoms with Crippen LogP contribution < -0.4 is 14.4 Å². The second-order valence-electron chi connectivity index (χ2n) is 8.73. The minimum atomic E-state index is -3.99. The van der Waals surface area contributed by atoms with Gasteiger partial charge in [0.15, 0.2) is 0 Å². The zero-order valence-electron chi connectivity index (χ0n) is 21.0. The van der Waals surface area contributed by atoms with Gasteiger partial charge in [0.2, 0.25) is 21.8 Å². The normalized spacial score (nSPS) is 12.1. The number of sulfonamides is 1. The number of benzene rings is 2. The number of nitrogens with one attached hydrogen (secondary N) is 1. The Morgan fingerprint density at radius 3 is 2.28 bits per heavy atom. The van der Waals surface area contributed by atoms with Crippen LogP contribution in [0.4, 0.5) is 11.4 Å². The molecule has 11 nitrogen and oxygen atoms in total. The average Bonchev–Trinajstić information content (AvgIpc) is 2.83. The van der Waals surface area contributed by atoms with Crippen molar-refractivity contribution in [2.24, 2.45) is 5.92 Å². The van der Waals surface area contributed by atoms with Crippen LogP contribution in [0.2, 0.25) is 0 Å². The van der Waals surface area contributed by atoms with Gasteiger partial charge in [0, 0.05) is 25.2 Å². The zero-order valence-corrected chi connectivity index (χ0v) is 21.8. The molecule has 1 N–H and O–H groups in total. The molecule has 0 saturated heterocycles. The highest BCUT2D eigenvalue weighted by Gasteiger charge is 2.30. The summed E-state index contributed by atoms with van der Waals surface area (Å²) < 4.78 is 31.1. The van der Waals surface area contributed by atoms with Gasteiger partial charge in [-0.1, -0.05) is 32.0 Å². The molecule has 0 saturated carbocycles. The third kappa shape index (κ3) is 7.94. The van der Waals surface area contributed by atoms with Crippen LogP contribution in [0.3, 0.4) is 0 Å². The molecule has 0 bridgehead atoms. The maximum Gasteiger partial charge on any atom is 0.271 e. The predicted octanol–water partition coefficient (Wildman–Crippen LogP) is 2.56. The summed E-state index contributed by atoms with van der Waals surface area (Å²) in [6.45, 7) is 5.25. The number of carbonyl (C=O) groups excluding carboxylic acids is 2. The van der Waals surface area contributed by atoms with Crippen LogP contribution in [0, 0.1) is 16.0 Å². The molecule has 0 fully saturated rings. The summed E-state index contributed by atoms with van der Waals surface area (Å²) in [5.74, 6) is -0.212. The van der Waals surface area contributed by atoms with Crippen LogP contribution >= 0.6 is 0 Å². The number of nitrogens with zero attached hydrogens (tertiary/aromatic N) is 3. The lowest BCUT2D eigenvalue weighted by molar-refractivity contribution is -0.384.